The number of hydrogen-bond acceptors (Lipinski definition) is 3. The number of ether oxygens (including phenoxy) is 1. The molecule has 0 bridgehead atoms. The molecule has 5 heteroatoms. The molecule has 1 amide bonds. The topological polar surface area (TPSA) is 41.6 Å². The molecule has 1 aliphatic heterocycles. The van der Waals surface area contributed by atoms with Crippen LogP contribution in [0.5, 0.6) is 5.75 Å². The van der Waals surface area contributed by atoms with Crippen LogP contribution in [-0.2, 0) is 11.2 Å². The van der Waals surface area contributed by atoms with Gasteiger partial charge >= 0.3 is 0 Å². The van der Waals surface area contributed by atoms with Crippen LogP contribution in [0.3, 0.4) is 0 Å². The van der Waals surface area contributed by atoms with Crippen molar-refractivity contribution in [1.82, 2.24) is 4.90 Å². The largest absolute Gasteiger partial charge is 0.490 e. The second kappa shape index (κ2) is 8.32. The number of carbonyl (C=O) groups excluding carboxylic acids is 1. The van der Waals surface area contributed by atoms with Gasteiger partial charge in [-0.2, -0.15) is 0 Å². The number of nitrogens with one attached hydrogen (secondary N) is 1. The Kier molecular flexibility index (Phi) is 5.89. The van der Waals surface area contributed by atoms with E-state index in [1.807, 2.05) is 24.3 Å². The van der Waals surface area contributed by atoms with Gasteiger partial charge in [-0.25, -0.2) is 4.39 Å². The maximum absolute atomic E-state index is 13.6. The van der Waals surface area contributed by atoms with Gasteiger partial charge in [-0.05, 0) is 68.3 Å². The van der Waals surface area contributed by atoms with Gasteiger partial charge in [0.05, 0.1) is 6.42 Å². The normalized spacial score (nSPS) is 15.7. The van der Waals surface area contributed by atoms with E-state index in [2.05, 4.69) is 17.3 Å². The molecule has 26 heavy (non-hydrogen) atoms. The maximum atomic E-state index is 13.6. The van der Waals surface area contributed by atoms with E-state index in [-0.39, 0.29) is 24.2 Å². The fourth-order valence-corrected chi connectivity index (χ4v) is 3.05. The summed E-state index contributed by atoms with van der Waals surface area (Å²) in [5.41, 5.74) is 1.94. The number of nitrogens with zero attached hydrogens (tertiary/aromatic N) is 1. The van der Waals surface area contributed by atoms with Gasteiger partial charge in [0.2, 0.25) is 5.91 Å². The second-order valence-corrected chi connectivity index (χ2v) is 6.95. The molecule has 0 unspecified atom stereocenters. The quantitative estimate of drug-likeness (QED) is 0.886. The molecular formula is C21H25FN2O2. The minimum Gasteiger partial charge on any atom is -0.490 e. The predicted octanol–water partition coefficient (Wildman–Crippen LogP) is 3.79. The van der Waals surface area contributed by atoms with E-state index in [4.69, 9.17) is 4.74 Å². The third-order valence-electron chi connectivity index (χ3n) is 4.71. The molecule has 0 radical (unpaired) electrons. The van der Waals surface area contributed by atoms with Crippen LogP contribution >= 0.6 is 0 Å². The Hall–Kier alpha value is -2.40. The van der Waals surface area contributed by atoms with Gasteiger partial charge in [-0.15, -0.1) is 0 Å². The Morgan fingerprint density at radius 3 is 2.54 bits per heavy atom. The third kappa shape index (κ3) is 5.05. The molecular weight excluding hydrogens is 331 g/mol. The van der Waals surface area contributed by atoms with Crippen molar-refractivity contribution >= 4 is 11.6 Å². The lowest BCUT2D eigenvalue weighted by molar-refractivity contribution is -0.115. The SMILES string of the molecule is Cc1ccc(CC(=O)Nc2ccc(OC3CCN(C)CC3)cc2)cc1F. The van der Waals surface area contributed by atoms with Gasteiger partial charge in [-0.1, -0.05) is 12.1 Å². The molecule has 0 aliphatic carbocycles. The number of hydrogen-bond donors (Lipinski definition) is 1. The molecule has 1 saturated heterocycles. The van der Waals surface area contributed by atoms with Gasteiger partial charge in [0.25, 0.3) is 0 Å². The van der Waals surface area contributed by atoms with Crippen LogP contribution in [0.25, 0.3) is 0 Å². The molecule has 0 atom stereocenters. The summed E-state index contributed by atoms with van der Waals surface area (Å²) in [6.07, 6.45) is 2.46. The number of aryl methyl sites for hydroxylation is 1. The number of anilines is 1. The molecule has 4 nitrogen and oxygen atoms in total. The molecule has 1 aliphatic rings. The summed E-state index contributed by atoms with van der Waals surface area (Å²) in [6.45, 7) is 3.81. The molecule has 0 aromatic heterocycles. The zero-order valence-corrected chi connectivity index (χ0v) is 15.3. The van der Waals surface area contributed by atoms with Crippen molar-refractivity contribution in [2.75, 3.05) is 25.5 Å². The summed E-state index contributed by atoms with van der Waals surface area (Å²) in [4.78, 5) is 14.4. The van der Waals surface area contributed by atoms with Gasteiger partial charge in [-0.3, -0.25) is 4.79 Å². The highest BCUT2D eigenvalue weighted by Crippen LogP contribution is 2.21. The summed E-state index contributed by atoms with van der Waals surface area (Å²) in [5.74, 6) is 0.362. The maximum Gasteiger partial charge on any atom is 0.228 e. The van der Waals surface area contributed by atoms with E-state index in [1.54, 1.807) is 19.1 Å². The molecule has 2 aromatic carbocycles. The van der Waals surface area contributed by atoms with Crippen LogP contribution in [0.2, 0.25) is 0 Å². The van der Waals surface area contributed by atoms with E-state index < -0.39 is 0 Å². The van der Waals surface area contributed by atoms with Crippen LogP contribution in [0.1, 0.15) is 24.0 Å². The predicted molar refractivity (Wildman–Crippen MR) is 101 cm³/mol. The monoisotopic (exact) mass is 356 g/mol. The highest BCUT2D eigenvalue weighted by atomic mass is 19.1. The van der Waals surface area contributed by atoms with Crippen LogP contribution in [0.15, 0.2) is 42.5 Å². The summed E-state index contributed by atoms with van der Waals surface area (Å²) in [6, 6.07) is 12.3. The first-order valence-electron chi connectivity index (χ1n) is 9.00. The Morgan fingerprint density at radius 2 is 1.88 bits per heavy atom. The highest BCUT2D eigenvalue weighted by Gasteiger charge is 2.17. The van der Waals surface area contributed by atoms with Gasteiger partial charge in [0.15, 0.2) is 0 Å². The van der Waals surface area contributed by atoms with Crippen molar-refractivity contribution in [3.63, 3.8) is 0 Å². The highest BCUT2D eigenvalue weighted by molar-refractivity contribution is 5.92. The summed E-state index contributed by atoms with van der Waals surface area (Å²) in [5, 5.41) is 2.84. The Morgan fingerprint density at radius 1 is 1.19 bits per heavy atom. The number of amides is 1. The molecule has 138 valence electrons. The molecule has 2 aromatic rings. The van der Waals surface area contributed by atoms with E-state index in [0.717, 1.165) is 31.7 Å². The molecule has 1 heterocycles. The van der Waals surface area contributed by atoms with Crippen molar-refractivity contribution in [2.45, 2.75) is 32.3 Å². The third-order valence-corrected chi connectivity index (χ3v) is 4.71. The minimum absolute atomic E-state index is 0.144. The first-order valence-corrected chi connectivity index (χ1v) is 9.00. The first kappa shape index (κ1) is 18.4. The lowest BCUT2D eigenvalue weighted by atomic mass is 10.1. The van der Waals surface area contributed by atoms with Gasteiger partial charge in [0, 0.05) is 18.8 Å². The van der Waals surface area contributed by atoms with Crippen molar-refractivity contribution < 1.29 is 13.9 Å². The number of carbonyl (C=O) groups is 1. The number of benzene rings is 2. The van der Waals surface area contributed by atoms with Crippen LogP contribution in [0.4, 0.5) is 10.1 Å². The van der Waals surface area contributed by atoms with Crippen molar-refractivity contribution in [1.29, 1.82) is 0 Å². The Labute approximate surface area is 154 Å². The fraction of sp³-hybridized carbons (Fsp3) is 0.381. The Balaban J connectivity index is 1.51. The van der Waals surface area contributed by atoms with Crippen molar-refractivity contribution in [3.8, 4) is 5.75 Å². The summed E-state index contributed by atoms with van der Waals surface area (Å²) >= 11 is 0. The zero-order chi connectivity index (χ0) is 18.5. The minimum atomic E-state index is -0.286. The van der Waals surface area contributed by atoms with E-state index in [1.165, 1.54) is 6.07 Å². The zero-order valence-electron chi connectivity index (χ0n) is 15.3. The average molecular weight is 356 g/mol. The summed E-state index contributed by atoms with van der Waals surface area (Å²) < 4.78 is 19.6. The molecule has 1 N–H and O–H groups in total. The smallest absolute Gasteiger partial charge is 0.228 e. The second-order valence-electron chi connectivity index (χ2n) is 6.95. The summed E-state index contributed by atoms with van der Waals surface area (Å²) in [7, 11) is 2.12. The molecule has 0 spiro atoms. The van der Waals surface area contributed by atoms with Crippen molar-refractivity contribution in [2.24, 2.45) is 0 Å². The average Bonchev–Trinajstić information content (AvgIpc) is 2.62. The van der Waals surface area contributed by atoms with Crippen LogP contribution in [-0.4, -0.2) is 37.0 Å². The van der Waals surface area contributed by atoms with Gasteiger partial charge in [0.1, 0.15) is 17.7 Å². The molecule has 1 fully saturated rings. The van der Waals surface area contributed by atoms with E-state index in [9.17, 15) is 9.18 Å². The Bertz CT molecular complexity index is 753. The van der Waals surface area contributed by atoms with E-state index >= 15 is 0 Å². The lowest BCUT2D eigenvalue weighted by Crippen LogP contribution is -2.35. The molecule has 3 rings (SSSR count). The van der Waals surface area contributed by atoms with Crippen molar-refractivity contribution in [3.05, 3.63) is 59.4 Å². The lowest BCUT2D eigenvalue weighted by Gasteiger charge is -2.29. The standard InChI is InChI=1S/C21H25FN2O2/c1-15-3-4-16(13-20(15)22)14-21(25)23-17-5-7-18(8-6-17)26-19-9-11-24(2)12-10-19/h3-8,13,19H,9-12,14H2,1-2H3,(H,23,25). The van der Waals surface area contributed by atoms with E-state index in [0.29, 0.717) is 16.8 Å². The number of rotatable bonds is 5. The number of piperidine rings is 1. The van der Waals surface area contributed by atoms with Gasteiger partial charge < -0.3 is 15.0 Å². The first-order chi connectivity index (χ1) is 12.5. The fourth-order valence-electron chi connectivity index (χ4n) is 3.05. The van der Waals surface area contributed by atoms with Crippen LogP contribution in [0, 0.1) is 12.7 Å². The molecule has 0 saturated carbocycles. The number of halogens is 1. The van der Waals surface area contributed by atoms with Crippen LogP contribution < -0.4 is 10.1 Å². The number of likely N-dealkylation sites (tertiary alicyclic amines) is 1.